The van der Waals surface area contributed by atoms with Crippen LogP contribution in [0.2, 0.25) is 18.1 Å². The standard InChI is InChI=1S/C31H56O7Si/c1-11-39(12-2,13-3)38-27(21-37-30(34)31(7,8)9)18-22(4)28(32)24(6)29(33)23(5)19-36-20-25-14-16-26(35-10)17-15-25/h14-17,22-24,27-29,32-33H,11-13,18-21H2,1-10H3/t22-,23-,24+,27-,28-,29-/m0/s1. The third-order valence-electron chi connectivity index (χ3n) is 8.05. The van der Waals surface area contributed by atoms with Crippen LogP contribution in [0.25, 0.3) is 0 Å². The van der Waals surface area contributed by atoms with E-state index in [4.69, 9.17) is 18.6 Å². The smallest absolute Gasteiger partial charge is 0.311 e. The first kappa shape index (κ1) is 35.6. The van der Waals surface area contributed by atoms with Crippen molar-refractivity contribution in [1.82, 2.24) is 0 Å². The topological polar surface area (TPSA) is 94.5 Å². The summed E-state index contributed by atoms with van der Waals surface area (Å²) in [5.41, 5.74) is 0.442. The quantitative estimate of drug-likeness (QED) is 0.161. The molecule has 39 heavy (non-hydrogen) atoms. The number of methoxy groups -OCH3 is 1. The second kappa shape index (κ2) is 16.7. The molecule has 0 aliphatic rings. The van der Waals surface area contributed by atoms with Crippen LogP contribution in [-0.4, -0.2) is 63.1 Å². The Hall–Kier alpha value is -1.45. The van der Waals surface area contributed by atoms with Crippen LogP contribution in [-0.2, 0) is 25.3 Å². The number of esters is 1. The number of aliphatic hydroxyl groups excluding tert-OH is 2. The zero-order chi connectivity index (χ0) is 29.8. The molecule has 0 heterocycles. The Kier molecular flexibility index (Phi) is 15.3. The van der Waals surface area contributed by atoms with E-state index in [2.05, 4.69) is 20.8 Å². The summed E-state index contributed by atoms with van der Waals surface area (Å²) in [6.45, 7) is 18.8. The minimum absolute atomic E-state index is 0.153. The highest BCUT2D eigenvalue weighted by atomic mass is 28.4. The van der Waals surface area contributed by atoms with Crippen molar-refractivity contribution in [3.63, 3.8) is 0 Å². The molecule has 0 amide bonds. The van der Waals surface area contributed by atoms with E-state index in [1.54, 1.807) is 7.11 Å². The molecular weight excluding hydrogens is 512 g/mol. The summed E-state index contributed by atoms with van der Waals surface area (Å²) >= 11 is 0. The molecule has 1 aromatic carbocycles. The number of hydrogen-bond acceptors (Lipinski definition) is 7. The van der Waals surface area contributed by atoms with Crippen LogP contribution in [0, 0.1) is 23.2 Å². The predicted octanol–water partition coefficient (Wildman–Crippen LogP) is 6.21. The summed E-state index contributed by atoms with van der Waals surface area (Å²) in [6, 6.07) is 10.7. The van der Waals surface area contributed by atoms with Crippen LogP contribution in [0.5, 0.6) is 5.75 Å². The lowest BCUT2D eigenvalue weighted by molar-refractivity contribution is -0.156. The third-order valence-corrected chi connectivity index (χ3v) is 12.7. The van der Waals surface area contributed by atoms with E-state index >= 15 is 0 Å². The Morgan fingerprint density at radius 3 is 1.92 bits per heavy atom. The van der Waals surface area contributed by atoms with Crippen molar-refractivity contribution in [2.45, 2.75) is 112 Å². The summed E-state index contributed by atoms with van der Waals surface area (Å²) < 4.78 is 23.4. The molecule has 0 saturated heterocycles. The predicted molar refractivity (Wildman–Crippen MR) is 159 cm³/mol. The average molecular weight is 569 g/mol. The second-order valence-electron chi connectivity index (χ2n) is 12.2. The van der Waals surface area contributed by atoms with E-state index in [1.165, 1.54) is 0 Å². The van der Waals surface area contributed by atoms with Crippen molar-refractivity contribution in [3.05, 3.63) is 29.8 Å². The van der Waals surface area contributed by atoms with Crippen molar-refractivity contribution in [2.24, 2.45) is 23.2 Å². The van der Waals surface area contributed by atoms with Gasteiger partial charge in [-0.05, 0) is 68.9 Å². The monoisotopic (exact) mass is 568 g/mol. The number of carbonyl (C=O) groups excluding carboxylic acids is 1. The van der Waals surface area contributed by atoms with Gasteiger partial charge in [0.25, 0.3) is 0 Å². The van der Waals surface area contributed by atoms with E-state index in [1.807, 2.05) is 65.8 Å². The van der Waals surface area contributed by atoms with Gasteiger partial charge in [-0.15, -0.1) is 0 Å². The van der Waals surface area contributed by atoms with Crippen molar-refractivity contribution in [2.75, 3.05) is 20.3 Å². The first-order chi connectivity index (χ1) is 18.2. The normalized spacial score (nSPS) is 17.1. The molecule has 0 aromatic heterocycles. The van der Waals surface area contributed by atoms with Gasteiger partial charge >= 0.3 is 5.97 Å². The summed E-state index contributed by atoms with van der Waals surface area (Å²) in [6.07, 6.45) is -1.21. The van der Waals surface area contributed by atoms with Gasteiger partial charge in [0, 0.05) is 11.8 Å². The molecule has 0 unspecified atom stereocenters. The van der Waals surface area contributed by atoms with Crippen LogP contribution >= 0.6 is 0 Å². The summed E-state index contributed by atoms with van der Waals surface area (Å²) in [5.74, 6) is -0.124. The van der Waals surface area contributed by atoms with Crippen LogP contribution in [0.15, 0.2) is 24.3 Å². The molecule has 226 valence electrons. The number of benzene rings is 1. The van der Waals surface area contributed by atoms with Crippen LogP contribution in [0.4, 0.5) is 0 Å². The molecule has 6 atom stereocenters. The third kappa shape index (κ3) is 11.5. The van der Waals surface area contributed by atoms with Gasteiger partial charge in [-0.1, -0.05) is 53.7 Å². The molecule has 2 N–H and O–H groups in total. The van der Waals surface area contributed by atoms with Crippen molar-refractivity contribution >= 4 is 14.3 Å². The van der Waals surface area contributed by atoms with E-state index in [-0.39, 0.29) is 36.4 Å². The Balaban J connectivity index is 2.78. The Morgan fingerprint density at radius 1 is 0.897 bits per heavy atom. The molecule has 8 heteroatoms. The molecule has 0 aliphatic carbocycles. The van der Waals surface area contributed by atoms with Gasteiger partial charge in [-0.3, -0.25) is 4.79 Å². The number of rotatable bonds is 18. The average Bonchev–Trinajstić information content (AvgIpc) is 2.92. The molecular formula is C31H56O7Si. The van der Waals surface area contributed by atoms with E-state index in [0.29, 0.717) is 19.6 Å². The highest BCUT2D eigenvalue weighted by Crippen LogP contribution is 2.30. The minimum atomic E-state index is -1.96. The van der Waals surface area contributed by atoms with Crippen LogP contribution in [0.1, 0.15) is 74.3 Å². The minimum Gasteiger partial charge on any atom is -0.497 e. The highest BCUT2D eigenvalue weighted by molar-refractivity contribution is 6.73. The number of hydrogen-bond donors (Lipinski definition) is 2. The summed E-state index contributed by atoms with van der Waals surface area (Å²) in [5, 5.41) is 22.2. The molecule has 1 rings (SSSR count). The second-order valence-corrected chi connectivity index (χ2v) is 16.9. The highest BCUT2D eigenvalue weighted by Gasteiger charge is 2.36. The molecule has 0 aliphatic heterocycles. The fourth-order valence-corrected chi connectivity index (χ4v) is 7.74. The maximum atomic E-state index is 12.5. The van der Waals surface area contributed by atoms with Gasteiger partial charge in [-0.25, -0.2) is 0 Å². The lowest BCUT2D eigenvalue weighted by Gasteiger charge is -2.37. The maximum absolute atomic E-state index is 12.5. The van der Waals surface area contributed by atoms with E-state index in [9.17, 15) is 15.0 Å². The molecule has 7 nitrogen and oxygen atoms in total. The van der Waals surface area contributed by atoms with Gasteiger partial charge in [-0.2, -0.15) is 0 Å². The number of ether oxygens (including phenoxy) is 3. The summed E-state index contributed by atoms with van der Waals surface area (Å²) in [4.78, 5) is 12.5. The first-order valence-electron chi connectivity index (χ1n) is 14.6. The van der Waals surface area contributed by atoms with Gasteiger partial charge in [0.05, 0.1) is 44.1 Å². The van der Waals surface area contributed by atoms with Crippen molar-refractivity contribution < 1.29 is 33.6 Å². The largest absolute Gasteiger partial charge is 0.497 e. The van der Waals surface area contributed by atoms with Gasteiger partial charge in [0.15, 0.2) is 8.32 Å². The lowest BCUT2D eigenvalue weighted by Crippen LogP contribution is -2.44. The lowest BCUT2D eigenvalue weighted by atomic mass is 9.82. The van der Waals surface area contributed by atoms with Gasteiger partial charge in [0.2, 0.25) is 0 Å². The van der Waals surface area contributed by atoms with Crippen molar-refractivity contribution in [3.8, 4) is 5.75 Å². The molecule has 0 spiro atoms. The number of carbonyl (C=O) groups is 1. The SMILES string of the molecule is CC[Si](CC)(CC)O[C@H](COC(=O)C(C)(C)C)C[C@H](C)[C@H](O)[C@@H](C)[C@@H](O)[C@@H](C)COCc1ccc(OC)cc1. The molecule has 0 fully saturated rings. The molecule has 0 bridgehead atoms. The maximum Gasteiger partial charge on any atom is 0.311 e. The molecule has 0 radical (unpaired) electrons. The Morgan fingerprint density at radius 2 is 1.44 bits per heavy atom. The first-order valence-corrected chi connectivity index (χ1v) is 17.2. The number of aliphatic hydroxyl groups is 2. The van der Waals surface area contributed by atoms with E-state index in [0.717, 1.165) is 29.4 Å². The zero-order valence-corrected chi connectivity index (χ0v) is 27.2. The Labute approximate surface area is 238 Å². The Bertz CT molecular complexity index is 811. The van der Waals surface area contributed by atoms with Crippen LogP contribution in [0.3, 0.4) is 0 Å². The molecule has 0 saturated carbocycles. The fraction of sp³-hybridized carbons (Fsp3) is 0.774. The zero-order valence-electron chi connectivity index (χ0n) is 26.2. The van der Waals surface area contributed by atoms with Gasteiger partial charge in [0.1, 0.15) is 12.4 Å². The van der Waals surface area contributed by atoms with Crippen molar-refractivity contribution in [1.29, 1.82) is 0 Å². The van der Waals surface area contributed by atoms with Gasteiger partial charge < -0.3 is 28.8 Å². The molecule has 1 aromatic rings. The van der Waals surface area contributed by atoms with E-state index < -0.39 is 25.9 Å². The van der Waals surface area contributed by atoms with Crippen LogP contribution < -0.4 is 4.74 Å². The fourth-order valence-electron chi connectivity index (χ4n) is 4.86. The summed E-state index contributed by atoms with van der Waals surface area (Å²) in [7, 11) is -0.326.